The summed E-state index contributed by atoms with van der Waals surface area (Å²) < 4.78 is 5.83. The lowest BCUT2D eigenvalue weighted by atomic mass is 10.1. The highest BCUT2D eigenvalue weighted by atomic mass is 16.5. The summed E-state index contributed by atoms with van der Waals surface area (Å²) in [4.78, 5) is 47.8. The summed E-state index contributed by atoms with van der Waals surface area (Å²) in [5, 5.41) is 22.6. The van der Waals surface area contributed by atoms with E-state index in [0.29, 0.717) is 25.7 Å². The van der Waals surface area contributed by atoms with Crippen LogP contribution in [-0.4, -0.2) is 59.3 Å². The van der Waals surface area contributed by atoms with Gasteiger partial charge in [-0.25, -0.2) is 4.79 Å². The van der Waals surface area contributed by atoms with Gasteiger partial charge in [-0.05, 0) is 89.5 Å². The number of carbonyl (C=O) groups excluding carboxylic acids is 3. The predicted octanol–water partition coefficient (Wildman–Crippen LogP) is 9.93. The molecule has 0 saturated heterocycles. The molecule has 0 aromatic rings. The lowest BCUT2D eigenvalue weighted by molar-refractivity contribution is -0.147. The van der Waals surface area contributed by atoms with Crippen LogP contribution in [0, 0.1) is 0 Å². The van der Waals surface area contributed by atoms with Crippen LogP contribution in [0.4, 0.5) is 0 Å². The van der Waals surface area contributed by atoms with E-state index < -0.39 is 24.5 Å². The van der Waals surface area contributed by atoms with Crippen molar-refractivity contribution in [2.75, 3.05) is 13.2 Å². The van der Waals surface area contributed by atoms with E-state index in [1.165, 1.54) is 57.8 Å². The van der Waals surface area contributed by atoms with Gasteiger partial charge in [0, 0.05) is 12.8 Å². The maximum Gasteiger partial charge on any atom is 0.328 e. The Morgan fingerprint density at radius 2 is 1.11 bits per heavy atom. The fourth-order valence-corrected chi connectivity index (χ4v) is 5.48. The Morgan fingerprint density at radius 1 is 0.593 bits per heavy atom. The second-order valence-electron chi connectivity index (χ2n) is 13.7. The standard InChI is InChI=1S/C45H74N2O7/c1-3-5-7-9-11-13-15-17-19-21-23-25-27-29-31-37-44(51)54-40(34-30-28-26-24-22-20-18-16-14-12-10-8-6-4-2)35-32-33-36-42(49)46-38-43(50)47-41(39-48)45(52)53/h6,8,12,14,17-20,24,26,30,34,40-41,48H,3-5,7,9-11,13,15-16,21-23,25,27-29,31-33,35-39H2,1-2H3,(H,46,49)(H,47,50)(H,52,53)/b8-6-,14-12-,19-17-,20-18-,26-24-,34-30-. The smallest absolute Gasteiger partial charge is 0.328 e. The van der Waals surface area contributed by atoms with Gasteiger partial charge in [0.25, 0.3) is 0 Å². The number of carboxylic acid groups (broad SMARTS) is 1. The first-order valence-electron chi connectivity index (χ1n) is 20.8. The van der Waals surface area contributed by atoms with Crippen LogP contribution < -0.4 is 10.6 Å². The molecule has 0 radical (unpaired) electrons. The van der Waals surface area contributed by atoms with Crippen LogP contribution in [0.3, 0.4) is 0 Å². The van der Waals surface area contributed by atoms with Crippen molar-refractivity contribution in [1.82, 2.24) is 10.6 Å². The number of carboxylic acids is 1. The minimum Gasteiger partial charge on any atom is -0.480 e. The third kappa shape index (κ3) is 35.3. The molecule has 9 heteroatoms. The molecular formula is C45H74N2O7. The zero-order valence-corrected chi connectivity index (χ0v) is 33.7. The van der Waals surface area contributed by atoms with Gasteiger partial charge < -0.3 is 25.6 Å². The average molecular weight is 755 g/mol. The van der Waals surface area contributed by atoms with E-state index in [2.05, 4.69) is 85.2 Å². The van der Waals surface area contributed by atoms with Crippen LogP contribution in [-0.2, 0) is 23.9 Å². The Morgan fingerprint density at radius 3 is 1.67 bits per heavy atom. The van der Waals surface area contributed by atoms with Crippen molar-refractivity contribution < 1.29 is 34.1 Å². The number of aliphatic hydroxyl groups excluding tert-OH is 1. The molecule has 0 saturated carbocycles. The zero-order valence-electron chi connectivity index (χ0n) is 33.7. The van der Waals surface area contributed by atoms with E-state index >= 15 is 0 Å². The van der Waals surface area contributed by atoms with Gasteiger partial charge in [0.15, 0.2) is 0 Å². The number of hydrogen-bond donors (Lipinski definition) is 4. The number of nitrogens with one attached hydrogen (secondary N) is 2. The molecule has 0 aliphatic carbocycles. The molecule has 2 amide bonds. The third-order valence-corrected chi connectivity index (χ3v) is 8.67. The molecule has 306 valence electrons. The van der Waals surface area contributed by atoms with Gasteiger partial charge in [-0.15, -0.1) is 0 Å². The number of allylic oxidation sites excluding steroid dienone is 11. The molecule has 0 aliphatic heterocycles. The van der Waals surface area contributed by atoms with Gasteiger partial charge in [-0.3, -0.25) is 14.4 Å². The summed E-state index contributed by atoms with van der Waals surface area (Å²) in [6, 6.07) is -1.41. The van der Waals surface area contributed by atoms with Crippen molar-refractivity contribution in [3.63, 3.8) is 0 Å². The fraction of sp³-hybridized carbons (Fsp3) is 0.644. The highest BCUT2D eigenvalue weighted by Gasteiger charge is 2.19. The van der Waals surface area contributed by atoms with Crippen molar-refractivity contribution in [3.05, 3.63) is 72.9 Å². The summed E-state index contributed by atoms with van der Waals surface area (Å²) in [5.41, 5.74) is 0. The van der Waals surface area contributed by atoms with Crippen LogP contribution in [0.2, 0.25) is 0 Å². The first kappa shape index (κ1) is 50.3. The largest absolute Gasteiger partial charge is 0.480 e. The lowest BCUT2D eigenvalue weighted by Crippen LogP contribution is -2.47. The molecular weight excluding hydrogens is 681 g/mol. The van der Waals surface area contributed by atoms with Crippen LogP contribution in [0.15, 0.2) is 72.9 Å². The number of amides is 2. The summed E-state index contributed by atoms with van der Waals surface area (Å²) in [6.45, 7) is 3.27. The van der Waals surface area contributed by atoms with Crippen LogP contribution in [0.1, 0.15) is 162 Å². The number of ether oxygens (including phenoxy) is 1. The molecule has 9 nitrogen and oxygen atoms in total. The molecule has 0 rings (SSSR count). The molecule has 0 bridgehead atoms. The van der Waals surface area contributed by atoms with Crippen molar-refractivity contribution in [2.45, 2.75) is 174 Å². The van der Waals surface area contributed by atoms with Crippen LogP contribution >= 0.6 is 0 Å². The number of esters is 1. The third-order valence-electron chi connectivity index (χ3n) is 8.67. The minimum absolute atomic E-state index is 0.177. The van der Waals surface area contributed by atoms with Gasteiger partial charge in [-0.2, -0.15) is 0 Å². The Bertz CT molecular complexity index is 1140. The summed E-state index contributed by atoms with van der Waals surface area (Å²) >= 11 is 0. The second kappa shape index (κ2) is 39.0. The van der Waals surface area contributed by atoms with E-state index in [1.54, 1.807) is 0 Å². The predicted molar refractivity (Wildman–Crippen MR) is 222 cm³/mol. The van der Waals surface area contributed by atoms with Gasteiger partial charge in [0.1, 0.15) is 12.1 Å². The number of carbonyl (C=O) groups is 4. The number of rotatable bonds is 36. The highest BCUT2D eigenvalue weighted by molar-refractivity contribution is 5.87. The van der Waals surface area contributed by atoms with E-state index in [0.717, 1.165) is 57.8 Å². The molecule has 54 heavy (non-hydrogen) atoms. The minimum atomic E-state index is -1.41. The molecule has 2 unspecified atom stereocenters. The van der Waals surface area contributed by atoms with Gasteiger partial charge in [0.2, 0.25) is 11.8 Å². The Hall–Kier alpha value is -3.72. The van der Waals surface area contributed by atoms with E-state index in [9.17, 15) is 19.2 Å². The SMILES string of the molecule is CC/C=C\C/C=C\C/C=C\C/C=C\C/C=C\C(CCCCC(=O)NCC(=O)NC(CO)C(=O)O)OC(=O)CCCCCCC/C=C\CCCCCCCC. The number of aliphatic carboxylic acids is 1. The Balaban J connectivity index is 4.58. The number of unbranched alkanes of at least 4 members (excludes halogenated alkanes) is 12. The zero-order chi connectivity index (χ0) is 39.7. The highest BCUT2D eigenvalue weighted by Crippen LogP contribution is 2.14. The van der Waals surface area contributed by atoms with Gasteiger partial charge in [-0.1, -0.05) is 132 Å². The second-order valence-corrected chi connectivity index (χ2v) is 13.7. The van der Waals surface area contributed by atoms with Crippen molar-refractivity contribution >= 4 is 23.8 Å². The monoisotopic (exact) mass is 755 g/mol. The maximum absolute atomic E-state index is 12.7. The van der Waals surface area contributed by atoms with Crippen molar-refractivity contribution in [2.24, 2.45) is 0 Å². The molecule has 2 atom stereocenters. The summed E-state index contributed by atoms with van der Waals surface area (Å²) in [6.07, 6.45) is 47.9. The van der Waals surface area contributed by atoms with Gasteiger partial charge >= 0.3 is 11.9 Å². The summed E-state index contributed by atoms with van der Waals surface area (Å²) in [7, 11) is 0. The van der Waals surface area contributed by atoms with E-state index in [4.69, 9.17) is 14.9 Å². The lowest BCUT2D eigenvalue weighted by Gasteiger charge is -2.15. The first-order chi connectivity index (χ1) is 26.3. The topological polar surface area (TPSA) is 142 Å². The number of hydrogen-bond acceptors (Lipinski definition) is 6. The Kier molecular flexibility index (Phi) is 36.3. The van der Waals surface area contributed by atoms with E-state index in [-0.39, 0.29) is 30.9 Å². The Labute approximate surface area is 327 Å². The van der Waals surface area contributed by atoms with Crippen LogP contribution in [0.25, 0.3) is 0 Å². The van der Waals surface area contributed by atoms with Crippen LogP contribution in [0.5, 0.6) is 0 Å². The molecule has 0 spiro atoms. The molecule has 0 heterocycles. The molecule has 0 aromatic heterocycles. The van der Waals surface area contributed by atoms with E-state index in [1.807, 2.05) is 12.2 Å². The molecule has 0 aromatic carbocycles. The quantitative estimate of drug-likeness (QED) is 0.0283. The van der Waals surface area contributed by atoms with Crippen molar-refractivity contribution in [1.29, 1.82) is 0 Å². The first-order valence-corrected chi connectivity index (χ1v) is 20.8. The van der Waals surface area contributed by atoms with Gasteiger partial charge in [0.05, 0.1) is 13.2 Å². The molecule has 0 fully saturated rings. The van der Waals surface area contributed by atoms with Crippen molar-refractivity contribution in [3.8, 4) is 0 Å². The molecule has 4 N–H and O–H groups in total. The average Bonchev–Trinajstić information content (AvgIpc) is 3.16. The normalized spacial score (nSPS) is 13.2. The number of aliphatic hydroxyl groups is 1. The summed E-state index contributed by atoms with van der Waals surface area (Å²) in [5.74, 6) is -2.59. The maximum atomic E-state index is 12.7. The molecule has 0 aliphatic rings. The fourth-order valence-electron chi connectivity index (χ4n) is 5.48.